The summed E-state index contributed by atoms with van der Waals surface area (Å²) in [6.45, 7) is 2.38. The lowest BCUT2D eigenvalue weighted by Crippen LogP contribution is -2.46. The Morgan fingerprint density at radius 3 is 2.77 bits per heavy atom. The van der Waals surface area contributed by atoms with Gasteiger partial charge in [-0.3, -0.25) is 4.79 Å². The van der Waals surface area contributed by atoms with Gasteiger partial charge in [-0.1, -0.05) is 12.1 Å². The van der Waals surface area contributed by atoms with Crippen molar-refractivity contribution in [1.82, 2.24) is 15.6 Å². The highest BCUT2D eigenvalue weighted by Crippen LogP contribution is 2.39. The number of thiazole rings is 1. The quantitative estimate of drug-likeness (QED) is 0.755. The minimum Gasteiger partial charge on any atom is -0.508 e. The number of carbonyl (C=O) groups is 1. The summed E-state index contributed by atoms with van der Waals surface area (Å²) in [5.41, 5.74) is 2.56. The molecule has 1 aromatic carbocycles. The Balaban J connectivity index is 1.89. The first-order valence-corrected chi connectivity index (χ1v) is 8.99. The van der Waals surface area contributed by atoms with Crippen molar-refractivity contribution in [3.63, 3.8) is 0 Å². The van der Waals surface area contributed by atoms with E-state index in [0.29, 0.717) is 18.5 Å². The van der Waals surface area contributed by atoms with Gasteiger partial charge in [-0.05, 0) is 37.9 Å². The molecule has 26 heavy (non-hydrogen) atoms. The van der Waals surface area contributed by atoms with Gasteiger partial charge in [0, 0.05) is 5.56 Å². The molecule has 2 aromatic rings. The van der Waals surface area contributed by atoms with Crippen molar-refractivity contribution >= 4 is 17.2 Å². The van der Waals surface area contributed by atoms with Gasteiger partial charge in [0.05, 0.1) is 22.1 Å². The van der Waals surface area contributed by atoms with Crippen LogP contribution >= 0.6 is 11.3 Å². The van der Waals surface area contributed by atoms with Gasteiger partial charge in [0.25, 0.3) is 0 Å². The first kappa shape index (κ1) is 18.7. The molecule has 0 bridgehead atoms. The van der Waals surface area contributed by atoms with Crippen LogP contribution in [0.2, 0.25) is 0 Å². The molecular formula is C17H18F3N3O2S. The van der Waals surface area contributed by atoms with E-state index < -0.39 is 29.9 Å². The van der Waals surface area contributed by atoms with Crippen molar-refractivity contribution in [2.24, 2.45) is 0 Å². The second kappa shape index (κ2) is 7.24. The molecule has 9 heteroatoms. The minimum absolute atomic E-state index is 0.380. The van der Waals surface area contributed by atoms with Crippen LogP contribution in [-0.2, 0) is 4.79 Å². The average molecular weight is 385 g/mol. The summed E-state index contributed by atoms with van der Waals surface area (Å²) >= 11 is 1.34. The Morgan fingerprint density at radius 2 is 2.23 bits per heavy atom. The van der Waals surface area contributed by atoms with Crippen LogP contribution < -0.4 is 10.6 Å². The number of hydrogen-bond donors (Lipinski definition) is 3. The Morgan fingerprint density at radius 1 is 1.46 bits per heavy atom. The molecule has 3 N–H and O–H groups in total. The topological polar surface area (TPSA) is 74.2 Å². The van der Waals surface area contributed by atoms with E-state index in [2.05, 4.69) is 10.3 Å². The number of aromatic nitrogens is 1. The average Bonchev–Trinajstić information content (AvgIpc) is 3.23. The molecule has 3 rings (SSSR count). The number of amides is 1. The Bertz CT molecular complexity index is 801. The number of alkyl halides is 3. The zero-order valence-corrected chi connectivity index (χ0v) is 14.7. The van der Waals surface area contributed by atoms with Crippen molar-refractivity contribution < 1.29 is 23.1 Å². The Labute approximate surface area is 152 Å². The number of rotatable bonds is 4. The summed E-state index contributed by atoms with van der Waals surface area (Å²) < 4.78 is 40.6. The number of halogens is 3. The van der Waals surface area contributed by atoms with E-state index in [1.165, 1.54) is 29.5 Å². The van der Waals surface area contributed by atoms with Crippen molar-refractivity contribution in [3.8, 4) is 16.2 Å². The van der Waals surface area contributed by atoms with E-state index in [0.717, 1.165) is 17.0 Å². The maximum absolute atomic E-state index is 13.5. The largest absolute Gasteiger partial charge is 0.508 e. The van der Waals surface area contributed by atoms with Crippen LogP contribution in [0.4, 0.5) is 13.2 Å². The number of nitrogens with zero attached hydrogens (tertiary/aromatic N) is 1. The molecule has 1 saturated heterocycles. The summed E-state index contributed by atoms with van der Waals surface area (Å²) in [4.78, 5) is 17.0. The Kier molecular flexibility index (Phi) is 5.19. The van der Waals surface area contributed by atoms with Crippen LogP contribution in [0.5, 0.6) is 5.75 Å². The maximum atomic E-state index is 13.5. The van der Waals surface area contributed by atoms with Gasteiger partial charge in [0.15, 0.2) is 6.04 Å². The van der Waals surface area contributed by atoms with Gasteiger partial charge in [0.2, 0.25) is 5.91 Å². The fourth-order valence-electron chi connectivity index (χ4n) is 3.00. The summed E-state index contributed by atoms with van der Waals surface area (Å²) in [6, 6.07) is 1.06. The number of benzene rings is 1. The zero-order valence-electron chi connectivity index (χ0n) is 13.9. The number of aromatic hydroxyl groups is 1. The van der Waals surface area contributed by atoms with Crippen LogP contribution in [0.25, 0.3) is 10.4 Å². The smallest absolute Gasteiger partial charge is 0.413 e. The summed E-state index contributed by atoms with van der Waals surface area (Å²) in [5.74, 6) is -1.23. The van der Waals surface area contributed by atoms with Crippen LogP contribution in [-0.4, -0.2) is 34.8 Å². The van der Waals surface area contributed by atoms with E-state index in [4.69, 9.17) is 0 Å². The number of phenols is 1. The number of carbonyl (C=O) groups excluding carboxylic acids is 1. The van der Waals surface area contributed by atoms with E-state index >= 15 is 0 Å². The van der Waals surface area contributed by atoms with Gasteiger partial charge in [0.1, 0.15) is 5.75 Å². The minimum atomic E-state index is -4.73. The molecule has 1 amide bonds. The maximum Gasteiger partial charge on any atom is 0.413 e. The van der Waals surface area contributed by atoms with Gasteiger partial charge >= 0.3 is 6.18 Å². The molecule has 0 saturated carbocycles. The van der Waals surface area contributed by atoms with E-state index in [9.17, 15) is 23.1 Å². The van der Waals surface area contributed by atoms with Crippen LogP contribution in [0.15, 0.2) is 23.7 Å². The highest BCUT2D eigenvalue weighted by molar-refractivity contribution is 7.13. The van der Waals surface area contributed by atoms with Gasteiger partial charge in [-0.15, -0.1) is 11.3 Å². The van der Waals surface area contributed by atoms with Crippen molar-refractivity contribution in [2.75, 3.05) is 6.54 Å². The second-order valence-electron chi connectivity index (χ2n) is 6.17. The number of nitrogens with one attached hydrogen (secondary N) is 2. The third kappa shape index (κ3) is 3.83. The third-order valence-corrected chi connectivity index (χ3v) is 5.32. The summed E-state index contributed by atoms with van der Waals surface area (Å²) in [5, 5.41) is 15.1. The van der Waals surface area contributed by atoms with Gasteiger partial charge in [-0.2, -0.15) is 13.2 Å². The van der Waals surface area contributed by atoms with Crippen molar-refractivity contribution in [1.29, 1.82) is 0 Å². The lowest BCUT2D eigenvalue weighted by atomic mass is 10.0. The number of hydrogen-bond acceptors (Lipinski definition) is 5. The molecular weight excluding hydrogens is 367 g/mol. The highest BCUT2D eigenvalue weighted by Gasteiger charge is 2.44. The second-order valence-corrected chi connectivity index (χ2v) is 7.03. The predicted octanol–water partition coefficient (Wildman–Crippen LogP) is 3.30. The molecule has 0 radical (unpaired) electrons. The van der Waals surface area contributed by atoms with E-state index in [1.807, 2.05) is 5.32 Å². The number of aryl methyl sites for hydroxylation is 1. The molecule has 0 aliphatic carbocycles. The fourth-order valence-corrected chi connectivity index (χ4v) is 3.80. The first-order chi connectivity index (χ1) is 12.3. The molecule has 5 nitrogen and oxygen atoms in total. The van der Waals surface area contributed by atoms with Crippen molar-refractivity contribution in [3.05, 3.63) is 35.0 Å². The molecule has 140 valence electrons. The standard InChI is InChI=1S/C17H18F3N3O2S/c1-9-14(26-8-22-9)10-4-5-11(13(24)7-10)15(17(18,19)20)23-16(25)12-3-2-6-21-12/h4-5,7-8,12,15,21,24H,2-3,6H2,1H3,(H,23,25). The molecule has 1 aliphatic heterocycles. The molecule has 2 atom stereocenters. The molecule has 1 fully saturated rings. The van der Waals surface area contributed by atoms with Crippen LogP contribution in [0, 0.1) is 6.92 Å². The van der Waals surface area contributed by atoms with Gasteiger partial charge < -0.3 is 15.7 Å². The molecule has 1 aromatic heterocycles. The highest BCUT2D eigenvalue weighted by atomic mass is 32.1. The summed E-state index contributed by atoms with van der Waals surface area (Å²) in [6.07, 6.45) is -3.50. The van der Waals surface area contributed by atoms with Crippen LogP contribution in [0.3, 0.4) is 0 Å². The van der Waals surface area contributed by atoms with Crippen molar-refractivity contribution in [2.45, 2.75) is 38.0 Å². The molecule has 1 aliphatic rings. The van der Waals surface area contributed by atoms with E-state index in [1.54, 1.807) is 12.4 Å². The lowest BCUT2D eigenvalue weighted by molar-refractivity contribution is -0.164. The first-order valence-electron chi connectivity index (χ1n) is 8.11. The van der Waals surface area contributed by atoms with Gasteiger partial charge in [-0.25, -0.2) is 4.98 Å². The zero-order chi connectivity index (χ0) is 18.9. The summed E-state index contributed by atoms with van der Waals surface area (Å²) in [7, 11) is 0. The lowest BCUT2D eigenvalue weighted by Gasteiger charge is -2.24. The predicted molar refractivity (Wildman–Crippen MR) is 91.9 cm³/mol. The molecule has 2 unspecified atom stereocenters. The fraction of sp³-hybridized carbons (Fsp3) is 0.412. The molecule has 0 spiro atoms. The van der Waals surface area contributed by atoms with E-state index in [-0.39, 0.29) is 5.56 Å². The number of phenolic OH excluding ortho intramolecular Hbond substituents is 1. The third-order valence-electron chi connectivity index (χ3n) is 4.34. The monoisotopic (exact) mass is 385 g/mol. The SMILES string of the molecule is Cc1ncsc1-c1ccc(C(NC(=O)C2CCCN2)C(F)(F)F)c(O)c1. The Hall–Kier alpha value is -2.13. The normalized spacial score (nSPS) is 18.7. The molecule has 2 heterocycles. The van der Waals surface area contributed by atoms with Crippen LogP contribution in [0.1, 0.15) is 30.1 Å².